The minimum absolute atomic E-state index is 0.199. The lowest BCUT2D eigenvalue weighted by Gasteiger charge is -2.45. The van der Waals surface area contributed by atoms with Crippen molar-refractivity contribution in [2.24, 2.45) is 11.1 Å². The van der Waals surface area contributed by atoms with Gasteiger partial charge in [0.05, 0.1) is 18.3 Å². The number of hydrogen-bond donors (Lipinski definition) is 2. The van der Waals surface area contributed by atoms with Crippen molar-refractivity contribution in [3.8, 4) is 5.75 Å². The maximum Gasteiger partial charge on any atom is 0.146 e. The highest BCUT2D eigenvalue weighted by Crippen LogP contribution is 2.41. The van der Waals surface area contributed by atoms with E-state index in [-0.39, 0.29) is 16.8 Å². The fourth-order valence-electron chi connectivity index (χ4n) is 2.82. The predicted octanol–water partition coefficient (Wildman–Crippen LogP) is 3.11. The number of nitrogens with one attached hydrogen (secondary N) is 1. The second-order valence-corrected chi connectivity index (χ2v) is 7.27. The SMILES string of the molecule is COc1ccc(F)c(NC2(CN)CSCC(C)(C)C2)c1. The van der Waals surface area contributed by atoms with Gasteiger partial charge in [-0.25, -0.2) is 4.39 Å². The Morgan fingerprint density at radius 3 is 2.75 bits per heavy atom. The maximum absolute atomic E-state index is 14.0. The number of methoxy groups -OCH3 is 1. The van der Waals surface area contributed by atoms with Crippen LogP contribution in [0.4, 0.5) is 10.1 Å². The van der Waals surface area contributed by atoms with Gasteiger partial charge in [0.25, 0.3) is 0 Å². The second-order valence-electron chi connectivity index (χ2n) is 6.29. The Balaban J connectivity index is 2.25. The van der Waals surface area contributed by atoms with Crippen molar-refractivity contribution >= 4 is 17.4 Å². The van der Waals surface area contributed by atoms with E-state index in [9.17, 15) is 4.39 Å². The summed E-state index contributed by atoms with van der Waals surface area (Å²) in [5.74, 6) is 2.37. The van der Waals surface area contributed by atoms with Crippen LogP contribution in [0.25, 0.3) is 0 Å². The molecule has 1 saturated heterocycles. The lowest BCUT2D eigenvalue weighted by Crippen LogP contribution is -2.53. The first kappa shape index (κ1) is 15.4. The Morgan fingerprint density at radius 1 is 1.40 bits per heavy atom. The monoisotopic (exact) mass is 298 g/mol. The Morgan fingerprint density at radius 2 is 2.15 bits per heavy atom. The summed E-state index contributed by atoms with van der Waals surface area (Å²) in [6, 6.07) is 4.74. The van der Waals surface area contributed by atoms with Crippen LogP contribution in [0.5, 0.6) is 5.75 Å². The van der Waals surface area contributed by atoms with Crippen molar-refractivity contribution in [1.82, 2.24) is 0 Å². The van der Waals surface area contributed by atoms with Crippen LogP contribution in [-0.2, 0) is 0 Å². The fraction of sp³-hybridized carbons (Fsp3) is 0.600. The molecule has 0 radical (unpaired) electrons. The number of thioether (sulfide) groups is 1. The molecule has 1 aliphatic heterocycles. The van der Waals surface area contributed by atoms with Crippen LogP contribution in [0.2, 0.25) is 0 Å². The van der Waals surface area contributed by atoms with Crippen LogP contribution >= 0.6 is 11.8 Å². The zero-order valence-corrected chi connectivity index (χ0v) is 13.1. The van der Waals surface area contributed by atoms with E-state index < -0.39 is 0 Å². The number of rotatable bonds is 4. The van der Waals surface area contributed by atoms with Gasteiger partial charge < -0.3 is 15.8 Å². The largest absolute Gasteiger partial charge is 0.497 e. The summed E-state index contributed by atoms with van der Waals surface area (Å²) in [7, 11) is 1.58. The van der Waals surface area contributed by atoms with E-state index in [2.05, 4.69) is 19.2 Å². The third-order valence-electron chi connectivity index (χ3n) is 3.65. The summed E-state index contributed by atoms with van der Waals surface area (Å²) >= 11 is 1.87. The van der Waals surface area contributed by atoms with Gasteiger partial charge in [-0.05, 0) is 29.7 Å². The Labute approximate surface area is 124 Å². The van der Waals surface area contributed by atoms with Gasteiger partial charge in [-0.1, -0.05) is 13.8 Å². The molecule has 1 atom stereocenters. The molecule has 0 aliphatic carbocycles. The van der Waals surface area contributed by atoms with E-state index >= 15 is 0 Å². The van der Waals surface area contributed by atoms with Gasteiger partial charge in [0.1, 0.15) is 11.6 Å². The molecule has 1 heterocycles. The molecule has 20 heavy (non-hydrogen) atoms. The van der Waals surface area contributed by atoms with Crippen molar-refractivity contribution in [3.63, 3.8) is 0 Å². The highest BCUT2D eigenvalue weighted by Gasteiger charge is 2.40. The van der Waals surface area contributed by atoms with E-state index in [1.807, 2.05) is 11.8 Å². The van der Waals surface area contributed by atoms with Crippen LogP contribution in [-0.4, -0.2) is 30.7 Å². The summed E-state index contributed by atoms with van der Waals surface area (Å²) in [5, 5.41) is 3.34. The minimum atomic E-state index is -0.271. The van der Waals surface area contributed by atoms with Crippen molar-refractivity contribution < 1.29 is 9.13 Å². The summed E-state index contributed by atoms with van der Waals surface area (Å²) in [6.07, 6.45) is 0.931. The molecule has 1 unspecified atom stereocenters. The van der Waals surface area contributed by atoms with E-state index in [1.165, 1.54) is 6.07 Å². The number of hydrogen-bond acceptors (Lipinski definition) is 4. The zero-order chi connectivity index (χ0) is 14.8. The number of halogens is 1. The fourth-order valence-corrected chi connectivity index (χ4v) is 4.26. The average Bonchev–Trinajstić information content (AvgIpc) is 2.40. The molecular formula is C15H23FN2OS. The summed E-state index contributed by atoms with van der Waals surface area (Å²) in [4.78, 5) is 0. The number of benzene rings is 1. The molecule has 0 saturated carbocycles. The van der Waals surface area contributed by atoms with Crippen molar-refractivity contribution in [2.75, 3.05) is 30.5 Å². The Bertz CT molecular complexity index is 481. The first-order chi connectivity index (χ1) is 9.40. The van der Waals surface area contributed by atoms with Crippen molar-refractivity contribution in [1.29, 1.82) is 0 Å². The topological polar surface area (TPSA) is 47.3 Å². The van der Waals surface area contributed by atoms with Crippen LogP contribution in [0.15, 0.2) is 18.2 Å². The molecule has 3 nitrogen and oxygen atoms in total. The zero-order valence-electron chi connectivity index (χ0n) is 12.3. The molecule has 112 valence electrons. The molecule has 0 bridgehead atoms. The first-order valence-electron chi connectivity index (χ1n) is 6.79. The molecule has 1 fully saturated rings. The molecular weight excluding hydrogens is 275 g/mol. The van der Waals surface area contributed by atoms with Crippen LogP contribution in [0, 0.1) is 11.2 Å². The van der Waals surface area contributed by atoms with E-state index in [0.717, 1.165) is 17.9 Å². The highest BCUT2D eigenvalue weighted by atomic mass is 32.2. The third-order valence-corrected chi connectivity index (χ3v) is 5.39. The van der Waals surface area contributed by atoms with Gasteiger partial charge in [0.2, 0.25) is 0 Å². The van der Waals surface area contributed by atoms with Gasteiger partial charge in [-0.3, -0.25) is 0 Å². The third kappa shape index (κ3) is 3.38. The number of nitrogens with two attached hydrogens (primary N) is 1. The molecule has 3 N–H and O–H groups in total. The van der Waals surface area contributed by atoms with E-state index in [1.54, 1.807) is 19.2 Å². The lowest BCUT2D eigenvalue weighted by atomic mass is 9.79. The highest BCUT2D eigenvalue weighted by molar-refractivity contribution is 7.99. The molecule has 0 amide bonds. The second kappa shape index (κ2) is 5.82. The number of anilines is 1. The molecule has 1 aromatic rings. The number of ether oxygens (including phenoxy) is 1. The van der Waals surface area contributed by atoms with E-state index in [0.29, 0.717) is 18.0 Å². The Hall–Kier alpha value is -0.940. The standard InChI is InChI=1S/C15H23FN2OS/c1-14(2)7-15(8-17,10-20-9-14)18-13-6-11(19-3)4-5-12(13)16/h4-6,18H,7-10,17H2,1-3H3. The lowest BCUT2D eigenvalue weighted by molar-refractivity contribution is 0.289. The smallest absolute Gasteiger partial charge is 0.146 e. The van der Waals surface area contributed by atoms with Gasteiger partial charge in [0, 0.05) is 18.4 Å². The van der Waals surface area contributed by atoms with Gasteiger partial charge >= 0.3 is 0 Å². The molecule has 2 rings (SSSR count). The van der Waals surface area contributed by atoms with Crippen LogP contribution in [0.3, 0.4) is 0 Å². The molecule has 5 heteroatoms. The van der Waals surface area contributed by atoms with Crippen molar-refractivity contribution in [2.45, 2.75) is 25.8 Å². The molecule has 0 aromatic heterocycles. The van der Waals surface area contributed by atoms with Gasteiger partial charge in [0.15, 0.2) is 0 Å². The molecule has 1 aliphatic rings. The summed E-state index contributed by atoms with van der Waals surface area (Å²) in [6.45, 7) is 4.94. The minimum Gasteiger partial charge on any atom is -0.497 e. The normalized spacial score (nSPS) is 25.2. The van der Waals surface area contributed by atoms with E-state index in [4.69, 9.17) is 10.5 Å². The van der Waals surface area contributed by atoms with Gasteiger partial charge in [-0.15, -0.1) is 0 Å². The Kier molecular flexibility index (Phi) is 4.49. The maximum atomic E-state index is 14.0. The molecule has 1 aromatic carbocycles. The first-order valence-corrected chi connectivity index (χ1v) is 7.95. The molecule has 0 spiro atoms. The van der Waals surface area contributed by atoms with Crippen LogP contribution < -0.4 is 15.8 Å². The van der Waals surface area contributed by atoms with Crippen LogP contribution in [0.1, 0.15) is 20.3 Å². The summed E-state index contributed by atoms with van der Waals surface area (Å²) < 4.78 is 19.2. The van der Waals surface area contributed by atoms with Crippen molar-refractivity contribution in [3.05, 3.63) is 24.0 Å². The summed E-state index contributed by atoms with van der Waals surface area (Å²) in [5.41, 5.74) is 6.40. The quantitative estimate of drug-likeness (QED) is 0.896. The average molecular weight is 298 g/mol. The van der Waals surface area contributed by atoms with Gasteiger partial charge in [-0.2, -0.15) is 11.8 Å². The predicted molar refractivity (Wildman–Crippen MR) is 84.1 cm³/mol.